The molecule has 3 aromatic rings. The first-order valence-corrected chi connectivity index (χ1v) is 9.80. The molecule has 0 unspecified atom stereocenters. The summed E-state index contributed by atoms with van der Waals surface area (Å²) in [4.78, 5) is 20.4. The van der Waals surface area contributed by atoms with Crippen LogP contribution in [0.15, 0.2) is 41.2 Å². The van der Waals surface area contributed by atoms with Crippen molar-refractivity contribution in [2.75, 3.05) is 18.0 Å². The van der Waals surface area contributed by atoms with E-state index in [2.05, 4.69) is 50.8 Å². The fourth-order valence-corrected chi connectivity index (χ4v) is 3.77. The summed E-state index contributed by atoms with van der Waals surface area (Å²) in [5, 5.41) is 0.698. The van der Waals surface area contributed by atoms with Crippen molar-refractivity contribution in [2.45, 2.75) is 40.5 Å². The maximum atomic E-state index is 13.3. The number of fused-ring (bicyclic) bond motifs is 1. The van der Waals surface area contributed by atoms with E-state index in [1.54, 1.807) is 4.57 Å². The van der Waals surface area contributed by atoms with Gasteiger partial charge in [-0.1, -0.05) is 49.7 Å². The van der Waals surface area contributed by atoms with Gasteiger partial charge in [-0.15, -0.1) is 0 Å². The third-order valence-electron chi connectivity index (χ3n) is 5.02. The molecular formula is C23H29N3O. The van der Waals surface area contributed by atoms with Gasteiger partial charge in [0, 0.05) is 20.1 Å². The Morgan fingerprint density at radius 3 is 2.33 bits per heavy atom. The molecule has 0 saturated carbocycles. The average molecular weight is 364 g/mol. The molecule has 0 aliphatic rings. The molecule has 0 bridgehead atoms. The minimum absolute atomic E-state index is 0.0165. The molecule has 4 heteroatoms. The zero-order chi connectivity index (χ0) is 19.6. The Balaban J connectivity index is 2.26. The van der Waals surface area contributed by atoms with Gasteiger partial charge in [-0.05, 0) is 49.4 Å². The van der Waals surface area contributed by atoms with Crippen LogP contribution < -0.4 is 10.5 Å². The van der Waals surface area contributed by atoms with Crippen molar-refractivity contribution in [3.63, 3.8) is 0 Å². The molecule has 0 fully saturated rings. The molecule has 0 aliphatic carbocycles. The Morgan fingerprint density at radius 2 is 1.70 bits per heavy atom. The lowest BCUT2D eigenvalue weighted by Crippen LogP contribution is -2.33. The van der Waals surface area contributed by atoms with Crippen molar-refractivity contribution < 1.29 is 0 Å². The quantitative estimate of drug-likeness (QED) is 0.629. The highest BCUT2D eigenvalue weighted by molar-refractivity contribution is 5.95. The van der Waals surface area contributed by atoms with Gasteiger partial charge < -0.3 is 4.90 Å². The van der Waals surface area contributed by atoms with Gasteiger partial charge in [-0.25, -0.2) is 4.98 Å². The summed E-state index contributed by atoms with van der Waals surface area (Å²) >= 11 is 0. The Bertz CT molecular complexity index is 1010. The highest BCUT2D eigenvalue weighted by Gasteiger charge is 2.17. The van der Waals surface area contributed by atoms with Crippen molar-refractivity contribution in [3.05, 3.63) is 57.9 Å². The number of aromatic nitrogens is 2. The van der Waals surface area contributed by atoms with Crippen LogP contribution in [0.1, 0.15) is 37.8 Å². The van der Waals surface area contributed by atoms with Gasteiger partial charge in [-0.2, -0.15) is 0 Å². The minimum Gasteiger partial charge on any atom is -0.342 e. The lowest BCUT2D eigenvalue weighted by atomic mass is 9.96. The molecule has 1 heterocycles. The summed E-state index contributed by atoms with van der Waals surface area (Å²) in [6, 6.07) is 12.3. The Morgan fingerprint density at radius 1 is 1.00 bits per heavy atom. The lowest BCUT2D eigenvalue weighted by molar-refractivity contribution is 0.686. The normalized spacial score (nSPS) is 11.1. The van der Waals surface area contributed by atoms with Crippen LogP contribution in [-0.4, -0.2) is 22.6 Å². The van der Waals surface area contributed by atoms with Crippen molar-refractivity contribution in [1.29, 1.82) is 0 Å². The van der Waals surface area contributed by atoms with Crippen LogP contribution in [0.5, 0.6) is 0 Å². The lowest BCUT2D eigenvalue weighted by Gasteiger charge is -2.25. The predicted molar refractivity (Wildman–Crippen MR) is 115 cm³/mol. The van der Waals surface area contributed by atoms with Gasteiger partial charge in [0.1, 0.15) is 0 Å². The van der Waals surface area contributed by atoms with Gasteiger partial charge in [0.15, 0.2) is 0 Å². The van der Waals surface area contributed by atoms with Gasteiger partial charge >= 0.3 is 0 Å². The van der Waals surface area contributed by atoms with Crippen LogP contribution in [0.4, 0.5) is 5.95 Å². The second-order valence-corrected chi connectivity index (χ2v) is 7.28. The summed E-state index contributed by atoms with van der Waals surface area (Å²) in [6.45, 7) is 10.3. The third kappa shape index (κ3) is 3.61. The van der Waals surface area contributed by atoms with Crippen LogP contribution in [0.2, 0.25) is 0 Å². The molecular weight excluding hydrogens is 334 g/mol. The molecule has 3 rings (SSSR count). The van der Waals surface area contributed by atoms with Crippen molar-refractivity contribution in [1.82, 2.24) is 9.55 Å². The molecule has 2 aromatic carbocycles. The predicted octanol–water partition coefficient (Wildman–Crippen LogP) is 4.84. The van der Waals surface area contributed by atoms with Gasteiger partial charge in [-0.3, -0.25) is 9.36 Å². The summed E-state index contributed by atoms with van der Waals surface area (Å²) in [5.74, 6) is 0.758. The smallest absolute Gasteiger partial charge is 0.263 e. The molecule has 0 atom stereocenters. The fraction of sp³-hybridized carbons (Fsp3) is 0.391. The van der Waals surface area contributed by atoms with E-state index in [-0.39, 0.29) is 5.56 Å². The molecule has 0 N–H and O–H groups in total. The highest BCUT2D eigenvalue weighted by Crippen LogP contribution is 2.29. The Hall–Kier alpha value is -2.62. The highest BCUT2D eigenvalue weighted by atomic mass is 16.1. The third-order valence-corrected chi connectivity index (χ3v) is 5.02. The number of benzene rings is 2. The summed E-state index contributed by atoms with van der Waals surface area (Å²) in [7, 11) is 1.83. The van der Waals surface area contributed by atoms with Gasteiger partial charge in [0.05, 0.1) is 10.9 Å². The van der Waals surface area contributed by atoms with E-state index in [0.717, 1.165) is 48.5 Å². The molecule has 0 amide bonds. The molecule has 0 saturated heterocycles. The number of hydrogen-bond acceptors (Lipinski definition) is 3. The van der Waals surface area contributed by atoms with Gasteiger partial charge in [0.2, 0.25) is 5.95 Å². The van der Waals surface area contributed by atoms with Crippen LogP contribution in [-0.2, 0) is 7.05 Å². The standard InChI is InChI=1S/C23H29N3O/c1-6-13-26(14-7-2)23-24-20-10-8-9-19(21(20)22(27)25(23)5)18-12-11-16(3)15-17(18)4/h8-12,15H,6-7,13-14H2,1-5H3. The average Bonchev–Trinajstić information content (AvgIpc) is 2.64. The van der Waals surface area contributed by atoms with Crippen molar-refractivity contribution >= 4 is 16.9 Å². The maximum absolute atomic E-state index is 13.3. The van der Waals surface area contributed by atoms with E-state index < -0.39 is 0 Å². The van der Waals surface area contributed by atoms with E-state index in [0.29, 0.717) is 5.39 Å². The van der Waals surface area contributed by atoms with Crippen LogP contribution in [0.25, 0.3) is 22.0 Å². The van der Waals surface area contributed by atoms with Crippen LogP contribution in [0, 0.1) is 13.8 Å². The Kier molecular flexibility index (Phi) is 5.64. The van der Waals surface area contributed by atoms with E-state index in [4.69, 9.17) is 4.98 Å². The topological polar surface area (TPSA) is 38.1 Å². The second kappa shape index (κ2) is 7.95. The van der Waals surface area contributed by atoms with Gasteiger partial charge in [0.25, 0.3) is 5.56 Å². The monoisotopic (exact) mass is 363 g/mol. The van der Waals surface area contributed by atoms with Crippen molar-refractivity contribution in [3.8, 4) is 11.1 Å². The van der Waals surface area contributed by atoms with E-state index >= 15 is 0 Å². The molecule has 142 valence electrons. The number of rotatable bonds is 6. The Labute approximate surface area is 161 Å². The molecule has 4 nitrogen and oxygen atoms in total. The largest absolute Gasteiger partial charge is 0.342 e. The molecule has 0 spiro atoms. The number of nitrogens with zero attached hydrogens (tertiary/aromatic N) is 3. The zero-order valence-electron chi connectivity index (χ0n) is 17.0. The number of anilines is 1. The first-order valence-electron chi connectivity index (χ1n) is 9.80. The molecule has 0 radical (unpaired) electrons. The molecule has 1 aromatic heterocycles. The first-order chi connectivity index (χ1) is 13.0. The molecule has 0 aliphatic heterocycles. The SMILES string of the molecule is CCCN(CCC)c1nc2cccc(-c3ccc(C)cc3C)c2c(=O)n1C. The number of aryl methyl sites for hydroxylation is 2. The zero-order valence-corrected chi connectivity index (χ0v) is 17.0. The van der Waals surface area contributed by atoms with E-state index in [1.807, 2.05) is 25.2 Å². The van der Waals surface area contributed by atoms with E-state index in [9.17, 15) is 4.79 Å². The number of hydrogen-bond donors (Lipinski definition) is 0. The van der Waals surface area contributed by atoms with Crippen LogP contribution >= 0.6 is 0 Å². The minimum atomic E-state index is 0.0165. The van der Waals surface area contributed by atoms with Crippen LogP contribution in [0.3, 0.4) is 0 Å². The van der Waals surface area contributed by atoms with E-state index in [1.165, 1.54) is 11.1 Å². The molecule has 27 heavy (non-hydrogen) atoms. The summed E-state index contributed by atoms with van der Waals surface area (Å²) in [5.41, 5.74) is 5.23. The van der Waals surface area contributed by atoms with Crippen molar-refractivity contribution in [2.24, 2.45) is 7.05 Å². The maximum Gasteiger partial charge on any atom is 0.263 e. The summed E-state index contributed by atoms with van der Waals surface area (Å²) < 4.78 is 1.71. The first kappa shape index (κ1) is 19.2. The fourth-order valence-electron chi connectivity index (χ4n) is 3.77. The summed E-state index contributed by atoms with van der Waals surface area (Å²) in [6.07, 6.45) is 2.05. The second-order valence-electron chi connectivity index (χ2n) is 7.28.